The summed E-state index contributed by atoms with van der Waals surface area (Å²) < 4.78 is 11.6. The van der Waals surface area contributed by atoms with E-state index in [-0.39, 0.29) is 5.41 Å². The van der Waals surface area contributed by atoms with Gasteiger partial charge in [0.05, 0.1) is 5.71 Å². The molecule has 1 aliphatic heterocycles. The van der Waals surface area contributed by atoms with Gasteiger partial charge in [-0.2, -0.15) is 0 Å². The quantitative estimate of drug-likeness (QED) is 0.587. The first-order valence-electron chi connectivity index (χ1n) is 3.89. The Kier molecular flexibility index (Phi) is 2.99. The van der Waals surface area contributed by atoms with Crippen molar-refractivity contribution in [3.8, 4) is 0 Å². The van der Waals surface area contributed by atoms with Gasteiger partial charge >= 0.3 is 0 Å². The highest BCUT2D eigenvalue weighted by atomic mass is 19.1. The summed E-state index contributed by atoms with van der Waals surface area (Å²) in [6, 6.07) is 0. The second-order valence-electron chi connectivity index (χ2n) is 3.14. The molecule has 70 valence electrons. The van der Waals surface area contributed by atoms with Gasteiger partial charge in [0, 0.05) is 25.0 Å². The van der Waals surface area contributed by atoms with E-state index >= 15 is 0 Å². The van der Waals surface area contributed by atoms with Crippen LogP contribution in [-0.2, 0) is 4.84 Å². The molecule has 3 N–H and O–H groups in total. The summed E-state index contributed by atoms with van der Waals surface area (Å²) >= 11 is 0. The molecule has 4 nitrogen and oxygen atoms in total. The fraction of sp³-hybridized carbons (Fsp3) is 0.857. The van der Waals surface area contributed by atoms with Gasteiger partial charge in [-0.25, -0.2) is 4.39 Å². The van der Waals surface area contributed by atoms with Crippen molar-refractivity contribution in [1.29, 1.82) is 0 Å². The summed E-state index contributed by atoms with van der Waals surface area (Å²) in [4.78, 5) is 4.34. The maximum Gasteiger partial charge on any atom is 0.255 e. The van der Waals surface area contributed by atoms with Gasteiger partial charge in [0.25, 0.3) is 6.86 Å². The summed E-state index contributed by atoms with van der Waals surface area (Å²) in [5.41, 5.74) is 6.18. The lowest BCUT2D eigenvalue weighted by Crippen LogP contribution is -2.35. The summed E-state index contributed by atoms with van der Waals surface area (Å²) in [5, 5.41) is 6.77. The van der Waals surface area contributed by atoms with E-state index in [4.69, 9.17) is 5.73 Å². The topological polar surface area (TPSA) is 59.6 Å². The maximum absolute atomic E-state index is 11.6. The lowest BCUT2D eigenvalue weighted by atomic mass is 9.88. The van der Waals surface area contributed by atoms with E-state index in [1.54, 1.807) is 0 Å². The first-order chi connectivity index (χ1) is 5.73. The molecule has 1 atom stereocenters. The Morgan fingerprint density at radius 2 is 2.58 bits per heavy atom. The first kappa shape index (κ1) is 9.41. The molecule has 0 aromatic heterocycles. The molecular formula is C7H14FN3O. The molecule has 12 heavy (non-hydrogen) atoms. The minimum atomic E-state index is -0.885. The lowest BCUT2D eigenvalue weighted by molar-refractivity contribution is 0.0618. The Morgan fingerprint density at radius 1 is 1.83 bits per heavy atom. The first-order valence-corrected chi connectivity index (χ1v) is 3.89. The highest BCUT2D eigenvalue weighted by Gasteiger charge is 2.34. The average molecular weight is 175 g/mol. The average Bonchev–Trinajstić information content (AvgIpc) is 2.45. The fourth-order valence-corrected chi connectivity index (χ4v) is 1.21. The standard InChI is InChI=1S/C7H14FN3O/c1-7(3-9)4-10-2-6(7)11-12-5-8/h10H,2-5,9H2,1H3. The maximum atomic E-state index is 11.6. The van der Waals surface area contributed by atoms with Gasteiger partial charge in [0.15, 0.2) is 0 Å². The molecule has 1 rings (SSSR count). The third-order valence-electron chi connectivity index (χ3n) is 2.18. The van der Waals surface area contributed by atoms with Gasteiger partial charge in [0.1, 0.15) is 0 Å². The van der Waals surface area contributed by atoms with Crippen molar-refractivity contribution in [3.63, 3.8) is 0 Å². The Labute approximate surface area is 70.9 Å². The van der Waals surface area contributed by atoms with E-state index in [0.29, 0.717) is 13.1 Å². The van der Waals surface area contributed by atoms with E-state index < -0.39 is 6.86 Å². The number of halogens is 1. The zero-order valence-corrected chi connectivity index (χ0v) is 7.14. The molecule has 1 fully saturated rings. The van der Waals surface area contributed by atoms with Crippen LogP contribution in [0.2, 0.25) is 0 Å². The molecule has 1 aliphatic rings. The van der Waals surface area contributed by atoms with E-state index in [2.05, 4.69) is 15.3 Å². The number of oxime groups is 1. The second kappa shape index (κ2) is 3.82. The van der Waals surface area contributed by atoms with Gasteiger partial charge in [-0.15, -0.1) is 0 Å². The second-order valence-corrected chi connectivity index (χ2v) is 3.14. The predicted octanol–water partition coefficient (Wildman–Crippen LogP) is -0.146. The molecule has 0 aromatic rings. The molecule has 1 unspecified atom stereocenters. The number of nitrogens with zero attached hydrogens (tertiary/aromatic N) is 1. The molecule has 0 bridgehead atoms. The minimum Gasteiger partial charge on any atom is -0.362 e. The highest BCUT2D eigenvalue weighted by Crippen LogP contribution is 2.20. The van der Waals surface area contributed by atoms with Crippen molar-refractivity contribution in [2.45, 2.75) is 6.92 Å². The van der Waals surface area contributed by atoms with Gasteiger partial charge in [-0.05, 0) is 0 Å². The summed E-state index contributed by atoms with van der Waals surface area (Å²) in [5.74, 6) is 0. The molecular weight excluding hydrogens is 161 g/mol. The number of nitrogens with two attached hydrogens (primary N) is 1. The summed E-state index contributed by atoms with van der Waals surface area (Å²) in [7, 11) is 0. The van der Waals surface area contributed by atoms with E-state index in [1.165, 1.54) is 0 Å². The van der Waals surface area contributed by atoms with Crippen LogP contribution in [0.4, 0.5) is 4.39 Å². The van der Waals surface area contributed by atoms with Crippen LogP contribution in [0.25, 0.3) is 0 Å². The zero-order valence-electron chi connectivity index (χ0n) is 7.14. The van der Waals surface area contributed by atoms with Gasteiger partial charge in [-0.1, -0.05) is 12.1 Å². The largest absolute Gasteiger partial charge is 0.362 e. The number of alkyl halides is 1. The van der Waals surface area contributed by atoms with Crippen LogP contribution in [-0.4, -0.2) is 32.2 Å². The minimum absolute atomic E-state index is 0.171. The third kappa shape index (κ3) is 1.73. The number of hydrogen-bond acceptors (Lipinski definition) is 4. The molecule has 0 radical (unpaired) electrons. The Hall–Kier alpha value is -0.680. The molecule has 0 aromatic carbocycles. The molecule has 1 saturated heterocycles. The van der Waals surface area contributed by atoms with Crippen LogP contribution < -0.4 is 11.1 Å². The molecule has 0 amide bonds. The van der Waals surface area contributed by atoms with Gasteiger partial charge in [-0.3, -0.25) is 0 Å². The van der Waals surface area contributed by atoms with E-state index in [0.717, 1.165) is 12.3 Å². The summed E-state index contributed by atoms with van der Waals surface area (Å²) in [6.45, 7) is 3.00. The van der Waals surface area contributed by atoms with Gasteiger partial charge in [0.2, 0.25) is 0 Å². The number of nitrogens with one attached hydrogen (secondary N) is 1. The molecule has 5 heteroatoms. The van der Waals surface area contributed by atoms with E-state index in [9.17, 15) is 4.39 Å². The zero-order chi connectivity index (χ0) is 9.03. The molecule has 0 saturated carbocycles. The summed E-state index contributed by atoms with van der Waals surface area (Å²) in [6.07, 6.45) is 0. The van der Waals surface area contributed by atoms with Crippen LogP contribution in [0.15, 0.2) is 5.16 Å². The number of rotatable bonds is 3. The highest BCUT2D eigenvalue weighted by molar-refractivity contribution is 5.93. The van der Waals surface area contributed by atoms with Crippen LogP contribution in [0.1, 0.15) is 6.92 Å². The normalized spacial score (nSPS) is 32.8. The van der Waals surface area contributed by atoms with Crippen molar-refractivity contribution in [2.75, 3.05) is 26.5 Å². The van der Waals surface area contributed by atoms with Crippen molar-refractivity contribution >= 4 is 5.71 Å². The molecule has 1 heterocycles. The lowest BCUT2D eigenvalue weighted by Gasteiger charge is -2.20. The fourth-order valence-electron chi connectivity index (χ4n) is 1.21. The Morgan fingerprint density at radius 3 is 3.17 bits per heavy atom. The monoisotopic (exact) mass is 175 g/mol. The van der Waals surface area contributed by atoms with Crippen molar-refractivity contribution in [2.24, 2.45) is 16.3 Å². The van der Waals surface area contributed by atoms with Crippen molar-refractivity contribution in [1.82, 2.24) is 5.32 Å². The molecule has 0 aliphatic carbocycles. The van der Waals surface area contributed by atoms with Crippen LogP contribution in [0, 0.1) is 5.41 Å². The van der Waals surface area contributed by atoms with E-state index in [1.807, 2.05) is 6.92 Å². The van der Waals surface area contributed by atoms with Crippen molar-refractivity contribution in [3.05, 3.63) is 0 Å². The van der Waals surface area contributed by atoms with Crippen LogP contribution in [0.3, 0.4) is 0 Å². The third-order valence-corrected chi connectivity index (χ3v) is 2.18. The number of hydrogen-bond donors (Lipinski definition) is 2. The predicted molar refractivity (Wildman–Crippen MR) is 44.5 cm³/mol. The molecule has 0 spiro atoms. The van der Waals surface area contributed by atoms with Gasteiger partial charge < -0.3 is 15.9 Å². The smallest absolute Gasteiger partial charge is 0.255 e. The Balaban J connectivity index is 2.63. The SMILES string of the molecule is CC1(CN)CNCC1=NOCF. The Bertz CT molecular complexity index is 185. The van der Waals surface area contributed by atoms with Crippen LogP contribution >= 0.6 is 0 Å². The van der Waals surface area contributed by atoms with Crippen LogP contribution in [0.5, 0.6) is 0 Å². The van der Waals surface area contributed by atoms with Crippen molar-refractivity contribution < 1.29 is 9.23 Å².